The smallest absolute Gasteiger partial charge is 0.270 e. The molecule has 0 bridgehead atoms. The molecule has 0 atom stereocenters. The van der Waals surface area contributed by atoms with E-state index in [9.17, 15) is 9.59 Å². The van der Waals surface area contributed by atoms with E-state index >= 15 is 0 Å². The molecule has 3 aromatic carbocycles. The predicted molar refractivity (Wildman–Crippen MR) is 185 cm³/mol. The first kappa shape index (κ1) is 31.3. The van der Waals surface area contributed by atoms with Gasteiger partial charge in [0.2, 0.25) is 0 Å². The van der Waals surface area contributed by atoms with Crippen molar-refractivity contribution in [2.45, 2.75) is 51.2 Å². The molecule has 7 rings (SSSR count). The number of carbonyl (C=O) groups excluding carboxylic acids is 2. The van der Waals surface area contributed by atoms with E-state index in [1.807, 2.05) is 71.6 Å². The molecule has 0 saturated carbocycles. The Morgan fingerprint density at radius 2 is 1.57 bits per heavy atom. The number of likely N-dealkylation sites (tertiary alicyclic amines) is 2. The number of amides is 2. The fraction of sp³-hybridized carbons (Fsp3) is 0.368. The van der Waals surface area contributed by atoms with Gasteiger partial charge in [-0.25, -0.2) is 0 Å². The number of methoxy groups -OCH3 is 2. The molecule has 0 radical (unpaired) electrons. The minimum absolute atomic E-state index is 0.0622. The maximum Gasteiger partial charge on any atom is 0.270 e. The first-order chi connectivity index (χ1) is 22.9. The van der Waals surface area contributed by atoms with Crippen LogP contribution in [0.1, 0.15) is 64.2 Å². The number of hydrogen-bond acceptors (Lipinski definition) is 5. The average Bonchev–Trinajstić information content (AvgIpc) is 3.44. The highest BCUT2D eigenvalue weighted by atomic mass is 35.5. The monoisotopic (exact) mass is 652 g/mol. The van der Waals surface area contributed by atoms with Crippen molar-refractivity contribution < 1.29 is 19.1 Å². The Kier molecular flexibility index (Phi) is 8.97. The number of ether oxygens (including phenoxy) is 2. The minimum atomic E-state index is -0.226. The molecular weight excluding hydrogens is 612 g/mol. The van der Waals surface area contributed by atoms with Gasteiger partial charge in [0, 0.05) is 41.1 Å². The molecule has 0 N–H and O–H groups in total. The van der Waals surface area contributed by atoms with Gasteiger partial charge in [0.05, 0.1) is 32.9 Å². The standard InChI is InChI=1S/C38H41ClN4O4/c1-46-30-11-8-10-26(21-30)31-23-36(47-2)32(22-33(31)39)37(44)43-25-29-13-14-35(42(29)24-27-9-4-5-12-34(27)43)38(45)41-19-15-28(16-20-41)40-17-6-3-7-18-40/h4-5,8-14,21-23,28H,3,6-7,15-20,24-25H2,1-2H3. The number of para-hydroxylation sites is 1. The summed E-state index contributed by atoms with van der Waals surface area (Å²) in [5, 5.41) is 0.436. The zero-order valence-corrected chi connectivity index (χ0v) is 27.8. The van der Waals surface area contributed by atoms with Crippen LogP contribution in [0.3, 0.4) is 0 Å². The summed E-state index contributed by atoms with van der Waals surface area (Å²) < 4.78 is 13.3. The van der Waals surface area contributed by atoms with E-state index < -0.39 is 0 Å². The summed E-state index contributed by atoms with van der Waals surface area (Å²) >= 11 is 6.83. The van der Waals surface area contributed by atoms with Gasteiger partial charge in [-0.15, -0.1) is 0 Å². The number of fused-ring (bicyclic) bond motifs is 2. The van der Waals surface area contributed by atoms with Crippen molar-refractivity contribution in [3.05, 3.63) is 100 Å². The van der Waals surface area contributed by atoms with Gasteiger partial charge in [0.15, 0.2) is 0 Å². The molecule has 4 heterocycles. The number of anilines is 1. The molecule has 2 amide bonds. The summed E-state index contributed by atoms with van der Waals surface area (Å²) in [5.74, 6) is 0.975. The predicted octanol–water partition coefficient (Wildman–Crippen LogP) is 7.12. The van der Waals surface area contributed by atoms with E-state index in [1.165, 1.54) is 32.4 Å². The third-order valence-electron chi connectivity index (χ3n) is 10.0. The van der Waals surface area contributed by atoms with Crippen molar-refractivity contribution in [2.75, 3.05) is 45.3 Å². The normalized spacial score (nSPS) is 17.1. The van der Waals surface area contributed by atoms with Crippen molar-refractivity contribution in [2.24, 2.45) is 0 Å². The maximum atomic E-state index is 14.4. The third-order valence-corrected chi connectivity index (χ3v) is 10.3. The van der Waals surface area contributed by atoms with E-state index in [-0.39, 0.29) is 11.8 Å². The van der Waals surface area contributed by atoms with E-state index in [2.05, 4.69) is 9.47 Å². The zero-order chi connectivity index (χ0) is 32.5. The van der Waals surface area contributed by atoms with Gasteiger partial charge in [-0.05, 0) is 92.4 Å². The van der Waals surface area contributed by atoms with Crippen LogP contribution in [0.5, 0.6) is 11.5 Å². The first-order valence-electron chi connectivity index (χ1n) is 16.6. The van der Waals surface area contributed by atoms with Gasteiger partial charge in [0.1, 0.15) is 17.2 Å². The fourth-order valence-electron chi connectivity index (χ4n) is 7.45. The van der Waals surface area contributed by atoms with Crippen LogP contribution in [-0.4, -0.2) is 72.6 Å². The molecule has 47 heavy (non-hydrogen) atoms. The first-order valence-corrected chi connectivity index (χ1v) is 17.0. The second-order valence-corrected chi connectivity index (χ2v) is 13.1. The van der Waals surface area contributed by atoms with Crippen LogP contribution in [0.25, 0.3) is 11.1 Å². The Morgan fingerprint density at radius 3 is 2.34 bits per heavy atom. The van der Waals surface area contributed by atoms with Crippen LogP contribution in [-0.2, 0) is 13.1 Å². The molecule has 1 aromatic heterocycles. The summed E-state index contributed by atoms with van der Waals surface area (Å²) in [6, 6.07) is 23.5. The van der Waals surface area contributed by atoms with E-state index in [1.54, 1.807) is 25.2 Å². The number of carbonyl (C=O) groups is 2. The third kappa shape index (κ3) is 6.12. The van der Waals surface area contributed by atoms with Crippen LogP contribution in [0.4, 0.5) is 5.69 Å². The Bertz CT molecular complexity index is 1790. The Labute approximate surface area is 281 Å². The fourth-order valence-corrected chi connectivity index (χ4v) is 7.73. The zero-order valence-electron chi connectivity index (χ0n) is 27.1. The summed E-state index contributed by atoms with van der Waals surface area (Å²) in [6.45, 7) is 4.72. The van der Waals surface area contributed by atoms with Crippen molar-refractivity contribution in [1.82, 2.24) is 14.4 Å². The molecule has 9 heteroatoms. The van der Waals surface area contributed by atoms with Gasteiger partial charge < -0.3 is 28.7 Å². The van der Waals surface area contributed by atoms with Gasteiger partial charge in [-0.3, -0.25) is 9.59 Å². The number of nitrogens with zero attached hydrogens (tertiary/aromatic N) is 4. The number of piperidine rings is 2. The molecule has 2 saturated heterocycles. The topological polar surface area (TPSA) is 67.2 Å². The number of hydrogen-bond donors (Lipinski definition) is 0. The van der Waals surface area contributed by atoms with Crippen LogP contribution in [0.15, 0.2) is 72.8 Å². The van der Waals surface area contributed by atoms with Crippen molar-refractivity contribution in [3.63, 3.8) is 0 Å². The molecule has 244 valence electrons. The van der Waals surface area contributed by atoms with Crippen molar-refractivity contribution in [3.8, 4) is 22.6 Å². The van der Waals surface area contributed by atoms with Crippen LogP contribution >= 0.6 is 11.6 Å². The minimum Gasteiger partial charge on any atom is -0.497 e. The van der Waals surface area contributed by atoms with Gasteiger partial charge in [-0.2, -0.15) is 0 Å². The van der Waals surface area contributed by atoms with E-state index in [0.29, 0.717) is 46.9 Å². The second-order valence-electron chi connectivity index (χ2n) is 12.7. The molecule has 0 spiro atoms. The molecule has 4 aromatic rings. The van der Waals surface area contributed by atoms with Gasteiger partial charge in [-0.1, -0.05) is 48.4 Å². The summed E-state index contributed by atoms with van der Waals surface area (Å²) in [5.41, 5.74) is 5.31. The molecule has 0 unspecified atom stereocenters. The maximum absolute atomic E-state index is 14.4. The van der Waals surface area contributed by atoms with Crippen LogP contribution in [0, 0.1) is 0 Å². The van der Waals surface area contributed by atoms with Gasteiger partial charge in [0.25, 0.3) is 11.8 Å². The van der Waals surface area contributed by atoms with Crippen LogP contribution < -0.4 is 14.4 Å². The Morgan fingerprint density at radius 1 is 0.787 bits per heavy atom. The van der Waals surface area contributed by atoms with Crippen molar-refractivity contribution >= 4 is 29.1 Å². The molecule has 8 nitrogen and oxygen atoms in total. The molecular formula is C38H41ClN4O4. The Balaban J connectivity index is 1.16. The van der Waals surface area contributed by atoms with Crippen LogP contribution in [0.2, 0.25) is 5.02 Å². The average molecular weight is 653 g/mol. The lowest BCUT2D eigenvalue weighted by atomic mass is 9.99. The summed E-state index contributed by atoms with van der Waals surface area (Å²) in [6.07, 6.45) is 5.93. The quantitative estimate of drug-likeness (QED) is 0.222. The lowest BCUT2D eigenvalue weighted by molar-refractivity contribution is 0.0580. The van der Waals surface area contributed by atoms with Crippen molar-refractivity contribution in [1.29, 1.82) is 0 Å². The number of rotatable bonds is 6. The lowest BCUT2D eigenvalue weighted by Crippen LogP contribution is -2.48. The molecule has 3 aliphatic heterocycles. The number of benzene rings is 3. The molecule has 0 aliphatic carbocycles. The Hall–Kier alpha value is -4.27. The molecule has 3 aliphatic rings. The highest BCUT2D eigenvalue weighted by molar-refractivity contribution is 6.34. The SMILES string of the molecule is COc1cccc(-c2cc(OC)c(C(=O)N3Cc4ccc(C(=O)N5CCC(N6CCCCC6)CC5)n4Cc4ccccc43)cc2Cl)c1. The highest BCUT2D eigenvalue weighted by Gasteiger charge is 2.32. The molecule has 2 fully saturated rings. The largest absolute Gasteiger partial charge is 0.497 e. The van der Waals surface area contributed by atoms with E-state index in [4.69, 9.17) is 21.1 Å². The van der Waals surface area contributed by atoms with Gasteiger partial charge >= 0.3 is 0 Å². The van der Waals surface area contributed by atoms with E-state index in [0.717, 1.165) is 54.0 Å². The highest BCUT2D eigenvalue weighted by Crippen LogP contribution is 2.38. The summed E-state index contributed by atoms with van der Waals surface area (Å²) in [7, 11) is 3.18. The number of aromatic nitrogens is 1. The second kappa shape index (κ2) is 13.5. The number of halogens is 1. The lowest BCUT2D eigenvalue weighted by Gasteiger charge is -2.40. The summed E-state index contributed by atoms with van der Waals surface area (Å²) in [4.78, 5) is 34.8.